The molecule has 238 valence electrons. The van der Waals surface area contributed by atoms with E-state index in [1.54, 1.807) is 0 Å². The molecule has 0 saturated heterocycles. The van der Waals surface area contributed by atoms with Crippen molar-refractivity contribution in [3.63, 3.8) is 0 Å². The van der Waals surface area contributed by atoms with Crippen LogP contribution in [0.1, 0.15) is 0 Å². The van der Waals surface area contributed by atoms with E-state index in [1.807, 2.05) is 30.3 Å². The molecule has 4 heterocycles. The van der Waals surface area contributed by atoms with Gasteiger partial charge in [-0.1, -0.05) is 115 Å². The third kappa shape index (κ3) is 4.15. The Kier molecular flexibility index (Phi) is 5.89. The highest BCUT2D eigenvalue weighted by Crippen LogP contribution is 2.41. The minimum absolute atomic E-state index is 0.656. The van der Waals surface area contributed by atoms with E-state index in [-0.39, 0.29) is 0 Å². The molecule has 0 aliphatic rings. The van der Waals surface area contributed by atoms with Crippen LogP contribution < -0.4 is 0 Å². The van der Waals surface area contributed by atoms with E-state index in [9.17, 15) is 0 Å². The summed E-state index contributed by atoms with van der Waals surface area (Å²) >= 11 is 0. The highest BCUT2D eigenvalue weighted by Gasteiger charge is 2.21. The minimum Gasteiger partial charge on any atom is -0.455 e. The topological polar surface area (TPSA) is 48.8 Å². The molecule has 0 N–H and O–H groups in total. The maximum absolute atomic E-state index is 6.51. The SMILES string of the molecule is c1ccc(-c2nc(-c3cccc4c3oc3ccccc34)cc(-n3c4ccccc4c4cc5c(cc43)c3ccccc3n5-c3ccccc3)n2)cc1. The fraction of sp³-hybridized carbons (Fsp3) is 0. The predicted octanol–water partition coefficient (Wildman–Crippen LogP) is 11.9. The molecule has 0 saturated carbocycles. The number of para-hydroxylation sites is 5. The van der Waals surface area contributed by atoms with Crippen molar-refractivity contribution in [1.82, 2.24) is 19.1 Å². The zero-order valence-electron chi connectivity index (χ0n) is 27.4. The van der Waals surface area contributed by atoms with Gasteiger partial charge in [0.1, 0.15) is 17.0 Å². The highest BCUT2D eigenvalue weighted by atomic mass is 16.3. The van der Waals surface area contributed by atoms with Gasteiger partial charge in [-0.05, 0) is 48.5 Å². The molecular formula is C46H28N4O. The lowest BCUT2D eigenvalue weighted by molar-refractivity contribution is 0.670. The summed E-state index contributed by atoms with van der Waals surface area (Å²) in [5.74, 6) is 1.45. The van der Waals surface area contributed by atoms with Gasteiger partial charge >= 0.3 is 0 Å². The molecule has 5 nitrogen and oxygen atoms in total. The number of hydrogen-bond donors (Lipinski definition) is 0. The van der Waals surface area contributed by atoms with Crippen LogP contribution in [-0.4, -0.2) is 19.1 Å². The number of fused-ring (bicyclic) bond motifs is 9. The van der Waals surface area contributed by atoms with E-state index < -0.39 is 0 Å². The summed E-state index contributed by atoms with van der Waals surface area (Å²) < 4.78 is 11.2. The molecule has 0 bridgehead atoms. The number of aromatic nitrogens is 4. The summed E-state index contributed by atoms with van der Waals surface area (Å²) in [6, 6.07) is 59.4. The van der Waals surface area contributed by atoms with Gasteiger partial charge in [0.2, 0.25) is 0 Å². The van der Waals surface area contributed by atoms with Gasteiger partial charge in [0.25, 0.3) is 0 Å². The standard InChI is InChI=1S/C46H28N4O/c1-3-14-29(15-4-1)46-47-38(35-22-13-21-34-33-20-9-12-25-43(33)51-45(34)35)28-44(48-46)50-40-24-11-8-19-32(40)37-26-41-36(27-42(37)50)31-18-7-10-23-39(31)49(41)30-16-5-2-6-17-30/h1-28H. The molecule has 4 aromatic heterocycles. The maximum Gasteiger partial charge on any atom is 0.162 e. The Labute approximate surface area is 292 Å². The van der Waals surface area contributed by atoms with Crippen molar-refractivity contribution in [3.05, 3.63) is 170 Å². The van der Waals surface area contributed by atoms with Gasteiger partial charge in [-0.3, -0.25) is 4.57 Å². The second kappa shape index (κ2) is 10.8. The van der Waals surface area contributed by atoms with Gasteiger partial charge in [-0.15, -0.1) is 0 Å². The third-order valence-corrected chi connectivity index (χ3v) is 10.1. The molecular weight excluding hydrogens is 625 g/mol. The number of rotatable bonds is 4. The summed E-state index contributed by atoms with van der Waals surface area (Å²) in [4.78, 5) is 10.5. The third-order valence-electron chi connectivity index (χ3n) is 10.1. The Bertz CT molecular complexity index is 3130. The normalized spacial score (nSPS) is 11.9. The van der Waals surface area contributed by atoms with Gasteiger partial charge in [0.05, 0.1) is 27.8 Å². The van der Waals surface area contributed by atoms with E-state index in [0.717, 1.165) is 61.3 Å². The molecule has 0 atom stereocenters. The molecule has 0 fully saturated rings. The lowest BCUT2D eigenvalue weighted by atomic mass is 10.1. The number of hydrogen-bond acceptors (Lipinski definition) is 3. The van der Waals surface area contributed by atoms with Crippen LogP contribution in [0, 0.1) is 0 Å². The van der Waals surface area contributed by atoms with Gasteiger partial charge in [0.15, 0.2) is 5.82 Å². The van der Waals surface area contributed by atoms with Crippen molar-refractivity contribution in [2.24, 2.45) is 0 Å². The first-order chi connectivity index (χ1) is 25.3. The molecule has 0 unspecified atom stereocenters. The van der Waals surface area contributed by atoms with Crippen LogP contribution in [0.2, 0.25) is 0 Å². The Hall–Kier alpha value is -6.98. The van der Waals surface area contributed by atoms with E-state index >= 15 is 0 Å². The second-order valence-electron chi connectivity index (χ2n) is 13.0. The summed E-state index contributed by atoms with van der Waals surface area (Å²) in [6.07, 6.45) is 0. The Morgan fingerprint density at radius 3 is 1.75 bits per heavy atom. The summed E-state index contributed by atoms with van der Waals surface area (Å²) in [5.41, 5.74) is 10.0. The van der Waals surface area contributed by atoms with E-state index in [4.69, 9.17) is 14.4 Å². The van der Waals surface area contributed by atoms with Gasteiger partial charge in [-0.2, -0.15) is 0 Å². The first-order valence-corrected chi connectivity index (χ1v) is 17.2. The Balaban J connectivity index is 1.24. The van der Waals surface area contributed by atoms with Gasteiger partial charge in [-0.25, -0.2) is 9.97 Å². The van der Waals surface area contributed by atoms with Gasteiger partial charge < -0.3 is 8.98 Å². The van der Waals surface area contributed by atoms with E-state index in [1.165, 1.54) is 32.6 Å². The quantitative estimate of drug-likeness (QED) is 0.190. The number of furan rings is 1. The zero-order valence-corrected chi connectivity index (χ0v) is 27.4. The van der Waals surface area contributed by atoms with Crippen LogP contribution in [0.5, 0.6) is 0 Å². The molecule has 5 heteroatoms. The Morgan fingerprint density at radius 1 is 0.412 bits per heavy atom. The van der Waals surface area contributed by atoms with Crippen LogP contribution in [-0.2, 0) is 0 Å². The molecule has 0 aliphatic heterocycles. The van der Waals surface area contributed by atoms with Crippen LogP contribution in [0.3, 0.4) is 0 Å². The Morgan fingerprint density at radius 2 is 1.00 bits per heavy atom. The van der Waals surface area contributed by atoms with Crippen molar-refractivity contribution in [1.29, 1.82) is 0 Å². The average molecular weight is 653 g/mol. The first kappa shape index (κ1) is 27.9. The monoisotopic (exact) mass is 652 g/mol. The van der Waals surface area contributed by atoms with Crippen LogP contribution in [0.25, 0.3) is 99.7 Å². The summed E-state index contributed by atoms with van der Waals surface area (Å²) in [5, 5.41) is 6.89. The highest BCUT2D eigenvalue weighted by molar-refractivity contribution is 6.19. The van der Waals surface area contributed by atoms with Crippen LogP contribution >= 0.6 is 0 Å². The lowest BCUT2D eigenvalue weighted by Gasteiger charge is -2.12. The fourth-order valence-electron chi connectivity index (χ4n) is 7.88. The van der Waals surface area contributed by atoms with E-state index in [2.05, 4.69) is 149 Å². The van der Waals surface area contributed by atoms with Crippen molar-refractivity contribution in [3.8, 4) is 34.2 Å². The summed E-state index contributed by atoms with van der Waals surface area (Å²) in [7, 11) is 0. The first-order valence-electron chi connectivity index (χ1n) is 17.2. The van der Waals surface area contributed by atoms with Crippen molar-refractivity contribution >= 4 is 65.6 Å². The van der Waals surface area contributed by atoms with Crippen molar-refractivity contribution in [2.75, 3.05) is 0 Å². The van der Waals surface area contributed by atoms with Crippen molar-refractivity contribution in [2.45, 2.75) is 0 Å². The molecule has 11 aromatic rings. The molecule has 51 heavy (non-hydrogen) atoms. The molecule has 7 aromatic carbocycles. The molecule has 11 rings (SSSR count). The largest absolute Gasteiger partial charge is 0.455 e. The minimum atomic E-state index is 0.656. The average Bonchev–Trinajstić information content (AvgIpc) is 3.85. The van der Waals surface area contributed by atoms with Crippen LogP contribution in [0.4, 0.5) is 0 Å². The fourth-order valence-corrected chi connectivity index (χ4v) is 7.88. The van der Waals surface area contributed by atoms with Crippen LogP contribution in [0.15, 0.2) is 174 Å². The smallest absolute Gasteiger partial charge is 0.162 e. The maximum atomic E-state index is 6.51. The van der Waals surface area contributed by atoms with Gasteiger partial charge in [0, 0.05) is 55.2 Å². The molecule has 0 spiro atoms. The lowest BCUT2D eigenvalue weighted by Crippen LogP contribution is -2.02. The predicted molar refractivity (Wildman–Crippen MR) is 209 cm³/mol. The number of nitrogens with zero attached hydrogens (tertiary/aromatic N) is 4. The zero-order chi connectivity index (χ0) is 33.5. The number of benzene rings is 7. The second-order valence-corrected chi connectivity index (χ2v) is 13.0. The van der Waals surface area contributed by atoms with E-state index in [0.29, 0.717) is 5.82 Å². The molecule has 0 amide bonds. The van der Waals surface area contributed by atoms with Crippen molar-refractivity contribution < 1.29 is 4.42 Å². The summed E-state index contributed by atoms with van der Waals surface area (Å²) in [6.45, 7) is 0. The molecule has 0 radical (unpaired) electrons. The molecule has 0 aliphatic carbocycles.